The van der Waals surface area contributed by atoms with Crippen molar-refractivity contribution in [1.82, 2.24) is 14.8 Å². The first-order valence-corrected chi connectivity index (χ1v) is 14.2. The Morgan fingerprint density at radius 2 is 1.71 bits per heavy atom. The Hall–Kier alpha value is -3.95. The first-order chi connectivity index (χ1) is 19.8. The summed E-state index contributed by atoms with van der Waals surface area (Å²) in [6, 6.07) is 8.11. The fourth-order valence-corrected chi connectivity index (χ4v) is 3.93. The molecule has 2 aromatic heterocycles. The van der Waals surface area contributed by atoms with Crippen molar-refractivity contribution in [3.8, 4) is 16.9 Å². The van der Waals surface area contributed by atoms with Gasteiger partial charge in [-0.15, -0.1) is 0 Å². The lowest BCUT2D eigenvalue weighted by molar-refractivity contribution is -0.158. The number of nitrogens with one attached hydrogen (secondary N) is 2. The third-order valence-electron chi connectivity index (χ3n) is 6.37. The number of hydrogen-bond acceptors (Lipinski definition) is 6. The van der Waals surface area contributed by atoms with Gasteiger partial charge in [-0.1, -0.05) is 48.1 Å². The summed E-state index contributed by atoms with van der Waals surface area (Å²) >= 11 is 0. The fourth-order valence-electron chi connectivity index (χ4n) is 3.93. The van der Waals surface area contributed by atoms with Crippen LogP contribution in [-0.4, -0.2) is 32.4 Å². The van der Waals surface area contributed by atoms with E-state index in [0.717, 1.165) is 24.0 Å². The van der Waals surface area contributed by atoms with E-state index in [0.29, 0.717) is 36.1 Å². The van der Waals surface area contributed by atoms with Crippen molar-refractivity contribution < 1.29 is 22.7 Å². The Morgan fingerprint density at radius 1 is 1.12 bits per heavy atom. The fraction of sp³-hybridized carbons (Fsp3) is 0.438. The molecule has 2 N–H and O–H groups in total. The van der Waals surface area contributed by atoms with E-state index in [-0.39, 0.29) is 17.6 Å². The predicted molar refractivity (Wildman–Crippen MR) is 164 cm³/mol. The smallest absolute Gasteiger partial charge is 0.394 e. The van der Waals surface area contributed by atoms with Gasteiger partial charge < -0.3 is 15.5 Å². The molecule has 42 heavy (non-hydrogen) atoms. The third kappa shape index (κ3) is 10.8. The molecule has 230 valence electrons. The van der Waals surface area contributed by atoms with Crippen molar-refractivity contribution in [2.45, 2.75) is 73.8 Å². The molecule has 3 aromatic rings. The highest BCUT2D eigenvalue weighted by atomic mass is 19.3. The molecule has 0 saturated heterocycles. The third-order valence-corrected chi connectivity index (χ3v) is 6.37. The molecule has 0 aliphatic heterocycles. The van der Waals surface area contributed by atoms with E-state index in [1.54, 1.807) is 36.1 Å². The SMILES string of the molecule is C=C(F)C(=O)C(C)CC.CC.CCC(CC)C(=N)c1c(-c2cnn(C)c2)ccnc1Nc1ccc(OC(C)(F)F)cc1. The molecule has 0 aliphatic rings. The lowest BCUT2D eigenvalue weighted by Gasteiger charge is -2.20. The number of halogens is 3. The van der Waals surface area contributed by atoms with Gasteiger partial charge in [-0.2, -0.15) is 13.9 Å². The van der Waals surface area contributed by atoms with Crippen molar-refractivity contribution in [3.63, 3.8) is 0 Å². The number of hydrogen-bond donors (Lipinski definition) is 2. The standard InChI is InChI=1S/C23H27F2N5O.C7H11FO.C2H6/c1-5-15(6-2)21(26)20-19(16-13-28-30(4)14-16)11-12-27-22(20)29-17-7-9-18(10-8-17)31-23(3,24)25;1-4-5(2)7(9)6(3)8;1-2/h7-15,26H,5-6H2,1-4H3,(H,27,29);5H,3-4H2,1-2H3;1-2H3. The number of aromatic nitrogens is 3. The molecule has 3 rings (SSSR count). The van der Waals surface area contributed by atoms with Gasteiger partial charge in [0.1, 0.15) is 11.6 Å². The second-order valence-corrected chi connectivity index (χ2v) is 9.55. The molecule has 0 aliphatic carbocycles. The summed E-state index contributed by atoms with van der Waals surface area (Å²) in [5.74, 6) is -0.833. The second-order valence-electron chi connectivity index (χ2n) is 9.55. The number of pyridine rings is 1. The van der Waals surface area contributed by atoms with Crippen LogP contribution in [0.1, 0.15) is 73.3 Å². The minimum atomic E-state index is -3.24. The zero-order valence-electron chi connectivity index (χ0n) is 25.9. The number of anilines is 2. The molecule has 0 saturated carbocycles. The molecule has 0 radical (unpaired) electrons. The maximum absolute atomic E-state index is 13.1. The zero-order valence-corrected chi connectivity index (χ0v) is 25.9. The van der Waals surface area contributed by atoms with Crippen LogP contribution in [-0.2, 0) is 11.8 Å². The predicted octanol–water partition coefficient (Wildman–Crippen LogP) is 9.13. The van der Waals surface area contributed by atoms with Gasteiger partial charge in [-0.05, 0) is 55.2 Å². The van der Waals surface area contributed by atoms with Crippen LogP contribution < -0.4 is 10.1 Å². The Kier molecular flexibility index (Phi) is 14.7. The Labute approximate surface area is 247 Å². The summed E-state index contributed by atoms with van der Waals surface area (Å²) in [5.41, 5.74) is 3.64. The Bertz CT molecular complexity index is 1300. The minimum Gasteiger partial charge on any atom is -0.433 e. The maximum atomic E-state index is 13.1. The summed E-state index contributed by atoms with van der Waals surface area (Å²) < 4.78 is 44.4. The molecule has 0 bridgehead atoms. The van der Waals surface area contributed by atoms with Crippen LogP contribution >= 0.6 is 0 Å². The topological polar surface area (TPSA) is 92.9 Å². The molecule has 1 aromatic carbocycles. The average molecular weight is 588 g/mol. The van der Waals surface area contributed by atoms with Crippen LogP contribution in [0.5, 0.6) is 5.75 Å². The zero-order chi connectivity index (χ0) is 32.0. The Balaban J connectivity index is 0.000000686. The number of alkyl halides is 2. The van der Waals surface area contributed by atoms with Gasteiger partial charge in [0.25, 0.3) is 0 Å². The molecule has 0 fully saturated rings. The highest BCUT2D eigenvalue weighted by molar-refractivity contribution is 6.09. The number of Topliss-reactive ketones (excluding diaryl/α,β-unsaturated/α-hetero) is 1. The quantitative estimate of drug-likeness (QED) is 0.163. The van der Waals surface area contributed by atoms with E-state index >= 15 is 0 Å². The van der Waals surface area contributed by atoms with Gasteiger partial charge in [0, 0.05) is 60.7 Å². The number of ketones is 1. The van der Waals surface area contributed by atoms with Crippen molar-refractivity contribution in [2.24, 2.45) is 18.9 Å². The van der Waals surface area contributed by atoms with Crippen molar-refractivity contribution in [1.29, 1.82) is 5.41 Å². The summed E-state index contributed by atoms with van der Waals surface area (Å²) in [7, 11) is 1.85. The summed E-state index contributed by atoms with van der Waals surface area (Å²) in [5, 5.41) is 16.4. The molecule has 1 atom stereocenters. The number of ether oxygens (including phenoxy) is 1. The molecular weight excluding hydrogens is 543 g/mol. The van der Waals surface area contributed by atoms with Crippen LogP contribution in [0, 0.1) is 17.2 Å². The lowest BCUT2D eigenvalue weighted by atomic mass is 9.88. The van der Waals surface area contributed by atoms with E-state index in [4.69, 9.17) is 5.41 Å². The molecule has 1 unspecified atom stereocenters. The number of rotatable bonds is 12. The second kappa shape index (κ2) is 17.1. The first kappa shape index (κ1) is 36.1. The normalized spacial score (nSPS) is 11.4. The monoisotopic (exact) mass is 587 g/mol. The molecular formula is C32H44F3N5O2. The highest BCUT2D eigenvalue weighted by Gasteiger charge is 2.24. The Morgan fingerprint density at radius 3 is 2.14 bits per heavy atom. The van der Waals surface area contributed by atoms with Gasteiger partial charge in [0.05, 0.1) is 6.20 Å². The molecule has 0 spiro atoms. The van der Waals surface area contributed by atoms with Crippen LogP contribution in [0.4, 0.5) is 24.7 Å². The number of carbonyl (C=O) groups excluding carboxylic acids is 1. The number of carbonyl (C=O) groups is 1. The molecule has 7 nitrogen and oxygen atoms in total. The van der Waals surface area contributed by atoms with Crippen molar-refractivity contribution >= 4 is 23.0 Å². The first-order valence-electron chi connectivity index (χ1n) is 14.2. The number of nitrogens with zero attached hydrogens (tertiary/aromatic N) is 3. The average Bonchev–Trinajstić information content (AvgIpc) is 3.40. The van der Waals surface area contributed by atoms with Gasteiger partial charge in [0.2, 0.25) is 0 Å². The number of aryl methyl sites for hydroxylation is 1. The molecule has 0 amide bonds. The van der Waals surface area contributed by atoms with E-state index in [1.165, 1.54) is 12.1 Å². The van der Waals surface area contributed by atoms with E-state index < -0.39 is 17.7 Å². The van der Waals surface area contributed by atoms with Gasteiger partial charge in [-0.3, -0.25) is 9.48 Å². The van der Waals surface area contributed by atoms with Crippen LogP contribution in [0.2, 0.25) is 0 Å². The highest BCUT2D eigenvalue weighted by Crippen LogP contribution is 2.33. The maximum Gasteiger partial charge on any atom is 0.394 e. The van der Waals surface area contributed by atoms with Crippen LogP contribution in [0.15, 0.2) is 61.3 Å². The number of benzene rings is 1. The van der Waals surface area contributed by atoms with Crippen molar-refractivity contribution in [2.75, 3.05) is 5.32 Å². The lowest BCUT2D eigenvalue weighted by Crippen LogP contribution is -2.19. The van der Waals surface area contributed by atoms with Crippen LogP contribution in [0.3, 0.4) is 0 Å². The van der Waals surface area contributed by atoms with Crippen LogP contribution in [0.25, 0.3) is 11.1 Å². The van der Waals surface area contributed by atoms with Gasteiger partial charge >= 0.3 is 6.11 Å². The van der Waals surface area contributed by atoms with E-state index in [2.05, 4.69) is 40.6 Å². The number of allylic oxidation sites excluding steroid dienone is 1. The summed E-state index contributed by atoms with van der Waals surface area (Å²) in [6.45, 7) is 15.3. The summed E-state index contributed by atoms with van der Waals surface area (Å²) in [4.78, 5) is 15.1. The molecule has 2 heterocycles. The van der Waals surface area contributed by atoms with E-state index in [9.17, 15) is 18.0 Å². The van der Waals surface area contributed by atoms with Crippen molar-refractivity contribution in [3.05, 3.63) is 66.9 Å². The molecule has 10 heteroatoms. The van der Waals surface area contributed by atoms with Gasteiger partial charge in [0.15, 0.2) is 11.6 Å². The van der Waals surface area contributed by atoms with E-state index in [1.807, 2.05) is 40.1 Å². The minimum absolute atomic E-state index is 0.0696. The largest absolute Gasteiger partial charge is 0.433 e. The summed E-state index contributed by atoms with van der Waals surface area (Å²) in [6.07, 6.45) is 4.46. The van der Waals surface area contributed by atoms with Gasteiger partial charge in [-0.25, -0.2) is 9.37 Å².